The lowest BCUT2D eigenvalue weighted by Gasteiger charge is -2.11. The Balaban J connectivity index is 1.69. The maximum Gasteiger partial charge on any atom is 0.255 e. The van der Waals surface area contributed by atoms with Crippen molar-refractivity contribution in [3.05, 3.63) is 89.7 Å². The van der Waals surface area contributed by atoms with Gasteiger partial charge in [0.1, 0.15) is 0 Å². The van der Waals surface area contributed by atoms with Crippen molar-refractivity contribution < 1.29 is 18.0 Å². The van der Waals surface area contributed by atoms with Crippen LogP contribution < -0.4 is 10.6 Å². The summed E-state index contributed by atoms with van der Waals surface area (Å²) in [5, 5.41) is 5.54. The van der Waals surface area contributed by atoms with Gasteiger partial charge in [0.2, 0.25) is 0 Å². The largest absolute Gasteiger partial charge is 0.348 e. The van der Waals surface area contributed by atoms with E-state index in [1.807, 2.05) is 0 Å². The van der Waals surface area contributed by atoms with Crippen LogP contribution in [-0.4, -0.2) is 31.0 Å². The Morgan fingerprint density at radius 3 is 2.40 bits per heavy atom. The number of carbonyl (C=O) groups is 2. The number of anilines is 1. The Morgan fingerprint density at radius 1 is 0.933 bits per heavy atom. The molecular formula is C22H21N3O4S. The molecule has 0 fully saturated rings. The number of hydrogen-bond acceptors (Lipinski definition) is 5. The number of nitrogens with one attached hydrogen (secondary N) is 2. The molecule has 0 saturated heterocycles. The lowest BCUT2D eigenvalue weighted by Crippen LogP contribution is -2.25. The molecule has 8 heteroatoms. The normalized spacial score (nSPS) is 11.0. The zero-order valence-corrected chi connectivity index (χ0v) is 17.1. The molecule has 0 unspecified atom stereocenters. The number of hydrogen-bond donors (Lipinski definition) is 2. The van der Waals surface area contributed by atoms with Gasteiger partial charge in [0.05, 0.1) is 16.2 Å². The Bertz CT molecular complexity index is 1160. The molecule has 0 aliphatic heterocycles. The zero-order valence-electron chi connectivity index (χ0n) is 16.3. The van der Waals surface area contributed by atoms with E-state index in [4.69, 9.17) is 0 Å². The fraction of sp³-hybridized carbons (Fsp3) is 0.136. The second-order valence-electron chi connectivity index (χ2n) is 6.47. The molecule has 154 valence electrons. The van der Waals surface area contributed by atoms with Crippen LogP contribution in [0.3, 0.4) is 0 Å². The number of pyridine rings is 1. The molecule has 1 heterocycles. The Labute approximate surface area is 175 Å². The van der Waals surface area contributed by atoms with Crippen LogP contribution in [0.1, 0.15) is 33.2 Å². The third-order valence-corrected chi connectivity index (χ3v) is 6.21. The first-order valence-corrected chi connectivity index (χ1v) is 11.0. The highest BCUT2D eigenvalue weighted by Gasteiger charge is 2.20. The number of aromatic nitrogens is 1. The fourth-order valence-corrected chi connectivity index (χ4v) is 3.92. The minimum atomic E-state index is -3.52. The molecule has 2 N–H and O–H groups in total. The van der Waals surface area contributed by atoms with E-state index in [0.29, 0.717) is 11.3 Å². The molecule has 0 atom stereocenters. The van der Waals surface area contributed by atoms with Gasteiger partial charge in [0, 0.05) is 30.2 Å². The summed E-state index contributed by atoms with van der Waals surface area (Å²) in [5.74, 6) is -0.831. The van der Waals surface area contributed by atoms with Crippen LogP contribution in [0, 0.1) is 0 Å². The molecule has 0 radical (unpaired) electrons. The Morgan fingerprint density at radius 2 is 1.67 bits per heavy atom. The SMILES string of the molecule is CCS(=O)(=O)c1ccccc1C(=O)NCc1cccc(NC(=O)c2ccncc2)c1. The number of amides is 2. The van der Waals surface area contributed by atoms with Crippen molar-refractivity contribution >= 4 is 27.3 Å². The summed E-state index contributed by atoms with van der Waals surface area (Å²) in [4.78, 5) is 28.8. The lowest BCUT2D eigenvalue weighted by atomic mass is 10.1. The minimum absolute atomic E-state index is 0.0170. The van der Waals surface area contributed by atoms with E-state index < -0.39 is 15.7 Å². The maximum atomic E-state index is 12.6. The topological polar surface area (TPSA) is 105 Å². The fourth-order valence-electron chi connectivity index (χ4n) is 2.82. The summed E-state index contributed by atoms with van der Waals surface area (Å²) in [6.45, 7) is 1.72. The van der Waals surface area contributed by atoms with E-state index in [1.165, 1.54) is 31.5 Å². The Hall–Kier alpha value is -3.52. The van der Waals surface area contributed by atoms with Gasteiger partial charge >= 0.3 is 0 Å². The number of benzene rings is 2. The minimum Gasteiger partial charge on any atom is -0.348 e. The maximum absolute atomic E-state index is 12.6. The van der Waals surface area contributed by atoms with E-state index in [9.17, 15) is 18.0 Å². The van der Waals surface area contributed by atoms with Crippen molar-refractivity contribution in [2.24, 2.45) is 0 Å². The van der Waals surface area contributed by atoms with Crippen molar-refractivity contribution in [1.82, 2.24) is 10.3 Å². The molecule has 3 rings (SSSR count). The summed E-state index contributed by atoms with van der Waals surface area (Å²) in [6.07, 6.45) is 3.08. The first-order valence-electron chi connectivity index (χ1n) is 9.31. The van der Waals surface area contributed by atoms with Gasteiger partial charge in [-0.25, -0.2) is 8.42 Å². The molecule has 30 heavy (non-hydrogen) atoms. The third-order valence-electron chi connectivity index (χ3n) is 4.43. The third kappa shape index (κ3) is 5.09. The summed E-state index contributed by atoms with van der Waals surface area (Å²) in [7, 11) is -3.52. The molecule has 2 aromatic carbocycles. The lowest BCUT2D eigenvalue weighted by molar-refractivity contribution is 0.0946. The van der Waals surface area contributed by atoms with Crippen LogP contribution in [0.25, 0.3) is 0 Å². The number of sulfone groups is 1. The average Bonchev–Trinajstić information content (AvgIpc) is 2.78. The number of nitrogens with zero attached hydrogens (tertiary/aromatic N) is 1. The molecule has 0 bridgehead atoms. The summed E-state index contributed by atoms with van der Waals surface area (Å²) in [6, 6.07) is 16.4. The van der Waals surface area contributed by atoms with Gasteiger partial charge in [-0.3, -0.25) is 14.6 Å². The molecule has 0 saturated carbocycles. The number of rotatable bonds is 7. The quantitative estimate of drug-likeness (QED) is 0.608. The summed E-state index contributed by atoms with van der Waals surface area (Å²) in [5.41, 5.74) is 1.93. The van der Waals surface area contributed by atoms with Crippen molar-refractivity contribution in [2.75, 3.05) is 11.1 Å². The van der Waals surface area contributed by atoms with Gasteiger partial charge in [-0.05, 0) is 42.0 Å². The van der Waals surface area contributed by atoms with E-state index in [2.05, 4.69) is 15.6 Å². The molecule has 1 aromatic heterocycles. The van der Waals surface area contributed by atoms with Gasteiger partial charge in [0.15, 0.2) is 9.84 Å². The molecular weight excluding hydrogens is 402 g/mol. The van der Waals surface area contributed by atoms with Gasteiger partial charge < -0.3 is 10.6 Å². The monoisotopic (exact) mass is 423 g/mol. The van der Waals surface area contributed by atoms with E-state index in [-0.39, 0.29) is 28.7 Å². The van der Waals surface area contributed by atoms with Gasteiger partial charge in [-0.1, -0.05) is 31.2 Å². The van der Waals surface area contributed by atoms with E-state index in [1.54, 1.807) is 48.5 Å². The van der Waals surface area contributed by atoms with Crippen molar-refractivity contribution in [3.8, 4) is 0 Å². The summed E-state index contributed by atoms with van der Waals surface area (Å²) >= 11 is 0. The van der Waals surface area contributed by atoms with Gasteiger partial charge in [-0.15, -0.1) is 0 Å². The van der Waals surface area contributed by atoms with Crippen LogP contribution in [0.5, 0.6) is 0 Å². The Kier molecular flexibility index (Phi) is 6.58. The molecule has 0 aliphatic rings. The molecule has 0 aliphatic carbocycles. The smallest absolute Gasteiger partial charge is 0.255 e. The van der Waals surface area contributed by atoms with E-state index in [0.717, 1.165) is 5.56 Å². The van der Waals surface area contributed by atoms with Crippen molar-refractivity contribution in [2.45, 2.75) is 18.4 Å². The first-order chi connectivity index (χ1) is 14.4. The van der Waals surface area contributed by atoms with Crippen molar-refractivity contribution in [3.63, 3.8) is 0 Å². The van der Waals surface area contributed by atoms with Crippen molar-refractivity contribution in [1.29, 1.82) is 0 Å². The molecule has 7 nitrogen and oxygen atoms in total. The summed E-state index contributed by atoms with van der Waals surface area (Å²) < 4.78 is 24.5. The van der Waals surface area contributed by atoms with Crippen LogP contribution in [0.15, 0.2) is 78.0 Å². The molecule has 2 amide bonds. The standard InChI is InChI=1S/C22H21N3O4S/c1-2-30(28,29)20-9-4-3-8-19(20)22(27)24-15-16-6-5-7-18(14-16)25-21(26)17-10-12-23-13-11-17/h3-14H,2,15H2,1H3,(H,24,27)(H,25,26). The number of carbonyl (C=O) groups excluding carboxylic acids is 2. The second kappa shape index (κ2) is 9.32. The highest BCUT2D eigenvalue weighted by Crippen LogP contribution is 2.17. The average molecular weight is 423 g/mol. The molecule has 3 aromatic rings. The van der Waals surface area contributed by atoms with Gasteiger partial charge in [-0.2, -0.15) is 0 Å². The van der Waals surface area contributed by atoms with Crippen LogP contribution >= 0.6 is 0 Å². The van der Waals surface area contributed by atoms with Crippen LogP contribution in [0.2, 0.25) is 0 Å². The van der Waals surface area contributed by atoms with E-state index >= 15 is 0 Å². The van der Waals surface area contributed by atoms with Crippen LogP contribution in [0.4, 0.5) is 5.69 Å². The predicted octanol–water partition coefficient (Wildman–Crippen LogP) is 3.06. The predicted molar refractivity (Wildman–Crippen MR) is 114 cm³/mol. The second-order valence-corrected chi connectivity index (χ2v) is 8.72. The highest BCUT2D eigenvalue weighted by molar-refractivity contribution is 7.91. The zero-order chi connectivity index (χ0) is 21.6. The first kappa shape index (κ1) is 21.2. The van der Waals surface area contributed by atoms with Gasteiger partial charge in [0.25, 0.3) is 11.8 Å². The molecule has 0 spiro atoms. The van der Waals surface area contributed by atoms with Crippen LogP contribution in [-0.2, 0) is 16.4 Å². The highest BCUT2D eigenvalue weighted by atomic mass is 32.2.